The van der Waals surface area contributed by atoms with Crippen LogP contribution in [0.4, 0.5) is 11.5 Å². The number of nitrogens with two attached hydrogens (primary N) is 1. The molecule has 2 aromatic carbocycles. The molecule has 3 aliphatic rings. The lowest BCUT2D eigenvalue weighted by Gasteiger charge is -2.28. The van der Waals surface area contributed by atoms with Gasteiger partial charge >= 0.3 is 0 Å². The van der Waals surface area contributed by atoms with Crippen molar-refractivity contribution in [2.24, 2.45) is 38.7 Å². The Morgan fingerprint density at radius 2 is 1.72 bits per heavy atom. The minimum atomic E-state index is -0.491. The van der Waals surface area contributed by atoms with Gasteiger partial charge < -0.3 is 20.7 Å². The molecule has 0 unspecified atom stereocenters. The molecule has 10 nitrogen and oxygen atoms in total. The van der Waals surface area contributed by atoms with E-state index >= 15 is 0 Å². The Balaban J connectivity index is 1.15. The molecule has 3 aromatic rings. The number of nitrogens with zero attached hydrogens (tertiary/aromatic N) is 5. The molecule has 1 saturated carbocycles. The fourth-order valence-electron chi connectivity index (χ4n) is 6.63. The van der Waals surface area contributed by atoms with Crippen molar-refractivity contribution in [3.05, 3.63) is 77.5 Å². The summed E-state index contributed by atoms with van der Waals surface area (Å²) >= 11 is 0. The minimum Gasteiger partial charge on any atom is -0.378 e. The van der Waals surface area contributed by atoms with E-state index < -0.39 is 5.92 Å². The van der Waals surface area contributed by atoms with Crippen LogP contribution in [0.3, 0.4) is 0 Å². The number of carbonyl (C=O) groups excluding carboxylic acids is 2. The molecule has 240 valence electrons. The Bertz CT molecular complexity index is 1570. The number of hydrogen-bond donors (Lipinski definition) is 2. The predicted octanol–water partition coefficient (Wildman–Crippen LogP) is 5.59. The number of ether oxygens (including phenoxy) is 1. The van der Waals surface area contributed by atoms with E-state index in [1.54, 1.807) is 0 Å². The Morgan fingerprint density at radius 1 is 1.00 bits per heavy atom. The van der Waals surface area contributed by atoms with Crippen molar-refractivity contribution in [3.63, 3.8) is 0 Å². The van der Waals surface area contributed by atoms with Crippen LogP contribution in [-0.4, -0.2) is 62.0 Å². The van der Waals surface area contributed by atoms with Crippen LogP contribution in [0.5, 0.6) is 0 Å². The molecule has 3 N–H and O–H groups in total. The maximum absolute atomic E-state index is 13.7. The number of aliphatic imine (C=N–C) groups is 1. The number of Topliss-reactive ketones (excluding diaryl/α,β-unsaturated/α-hetero) is 1. The SMILES string of the molecule is Cc1cc(N2CCOCC2)ncc1-c1ccc(C[C@H](CC(=O)C2CCC(CN)CC2)C(=O)Nc2ccc(C3=NCN=N3)cc2)cc1. The highest BCUT2D eigenvalue weighted by atomic mass is 16.5. The molecular weight excluding hydrogens is 578 g/mol. The summed E-state index contributed by atoms with van der Waals surface area (Å²) in [6, 6.07) is 17.9. The summed E-state index contributed by atoms with van der Waals surface area (Å²) in [5.74, 6) is 1.59. The van der Waals surface area contributed by atoms with Gasteiger partial charge in [-0.1, -0.05) is 24.3 Å². The molecule has 0 bridgehead atoms. The van der Waals surface area contributed by atoms with Crippen LogP contribution in [0, 0.1) is 24.7 Å². The Hall–Kier alpha value is -4.28. The summed E-state index contributed by atoms with van der Waals surface area (Å²) in [6.07, 6.45) is 6.28. The number of rotatable bonds is 11. The second-order valence-electron chi connectivity index (χ2n) is 12.6. The summed E-state index contributed by atoms with van der Waals surface area (Å²) < 4.78 is 5.48. The van der Waals surface area contributed by atoms with Crippen LogP contribution >= 0.6 is 0 Å². The predicted molar refractivity (Wildman–Crippen MR) is 180 cm³/mol. The van der Waals surface area contributed by atoms with Crippen molar-refractivity contribution in [1.82, 2.24) is 4.98 Å². The zero-order chi connectivity index (χ0) is 31.9. The maximum atomic E-state index is 13.7. The number of anilines is 2. The Morgan fingerprint density at radius 3 is 2.37 bits per heavy atom. The molecule has 3 heterocycles. The fraction of sp³-hybridized carbons (Fsp3) is 0.444. The highest BCUT2D eigenvalue weighted by Crippen LogP contribution is 2.32. The number of nitrogens with one attached hydrogen (secondary N) is 1. The van der Waals surface area contributed by atoms with Crippen molar-refractivity contribution in [2.45, 2.75) is 45.4 Å². The molecule has 1 aliphatic carbocycles. The Kier molecular flexibility index (Phi) is 10.2. The highest BCUT2D eigenvalue weighted by Gasteiger charge is 2.30. The van der Waals surface area contributed by atoms with Gasteiger partial charge in [0.05, 0.1) is 13.2 Å². The molecule has 46 heavy (non-hydrogen) atoms. The first-order valence-electron chi connectivity index (χ1n) is 16.4. The second kappa shape index (κ2) is 14.9. The number of ketones is 1. The molecule has 0 spiro atoms. The van der Waals surface area contributed by atoms with E-state index in [2.05, 4.69) is 62.7 Å². The number of aryl methyl sites for hydroxylation is 1. The van der Waals surface area contributed by atoms with Gasteiger partial charge in [0.25, 0.3) is 0 Å². The number of morpholine rings is 1. The topological polar surface area (TPSA) is 135 Å². The normalized spacial score (nSPS) is 20.3. The number of amidine groups is 1. The monoisotopic (exact) mass is 621 g/mol. The first-order chi connectivity index (χ1) is 22.5. The van der Waals surface area contributed by atoms with Crippen molar-refractivity contribution in [1.29, 1.82) is 0 Å². The van der Waals surface area contributed by atoms with Gasteiger partial charge in [-0.2, -0.15) is 5.11 Å². The lowest BCUT2D eigenvalue weighted by Crippen LogP contribution is -2.36. The molecular formula is C36H43N7O3. The summed E-state index contributed by atoms with van der Waals surface area (Å²) in [5, 5.41) is 11.0. The van der Waals surface area contributed by atoms with Gasteiger partial charge in [-0.3, -0.25) is 9.59 Å². The van der Waals surface area contributed by atoms with Crippen LogP contribution in [-0.2, 0) is 20.7 Å². The molecule has 1 atom stereocenters. The summed E-state index contributed by atoms with van der Waals surface area (Å²) in [5.41, 5.74) is 11.7. The standard InChI is InChI=1S/C36H43N7O3/c1-24-18-34(43-14-16-46-17-15-43)38-22-32(24)27-6-2-25(3-7-27)19-30(20-33(44)28-8-4-26(21-37)5-9-28)36(45)41-31-12-10-29(11-13-31)35-39-23-40-42-35/h2-3,6-7,10-13,18,22,26,28,30H,4-5,8-9,14-17,19-21,23,37H2,1H3,(H,41,45)/t26?,28?,30-/m1/s1. The van der Waals surface area contributed by atoms with E-state index in [9.17, 15) is 9.59 Å². The number of amides is 1. The quantitative estimate of drug-likeness (QED) is 0.287. The summed E-state index contributed by atoms with van der Waals surface area (Å²) in [6.45, 7) is 6.26. The van der Waals surface area contributed by atoms with Gasteiger partial charge in [-0.25, -0.2) is 9.98 Å². The highest BCUT2D eigenvalue weighted by molar-refractivity contribution is 6.01. The van der Waals surface area contributed by atoms with Gasteiger partial charge in [0.15, 0.2) is 12.5 Å². The molecule has 0 radical (unpaired) electrons. The molecule has 10 heteroatoms. The molecule has 1 amide bonds. The van der Waals surface area contributed by atoms with Crippen molar-refractivity contribution in [3.8, 4) is 11.1 Å². The van der Waals surface area contributed by atoms with Crippen LogP contribution in [0.15, 0.2) is 76.0 Å². The average molecular weight is 622 g/mol. The summed E-state index contributed by atoms with van der Waals surface area (Å²) in [7, 11) is 0. The van der Waals surface area contributed by atoms with E-state index in [0.29, 0.717) is 37.1 Å². The molecule has 6 rings (SSSR count). The van der Waals surface area contributed by atoms with E-state index in [0.717, 1.165) is 85.6 Å². The third-order valence-electron chi connectivity index (χ3n) is 9.49. The van der Waals surface area contributed by atoms with E-state index in [-0.39, 0.29) is 24.0 Å². The third kappa shape index (κ3) is 7.74. The van der Waals surface area contributed by atoms with Crippen LogP contribution in [0.25, 0.3) is 11.1 Å². The number of carbonyl (C=O) groups is 2. The molecule has 2 fully saturated rings. The lowest BCUT2D eigenvalue weighted by atomic mass is 9.77. The largest absolute Gasteiger partial charge is 0.378 e. The average Bonchev–Trinajstić information content (AvgIpc) is 3.64. The van der Waals surface area contributed by atoms with E-state index in [1.807, 2.05) is 30.5 Å². The van der Waals surface area contributed by atoms with E-state index in [1.165, 1.54) is 0 Å². The van der Waals surface area contributed by atoms with Crippen LogP contribution in [0.1, 0.15) is 48.8 Å². The number of pyridine rings is 1. The van der Waals surface area contributed by atoms with Gasteiger partial charge in [-0.15, -0.1) is 5.11 Å². The zero-order valence-corrected chi connectivity index (χ0v) is 26.5. The maximum Gasteiger partial charge on any atom is 0.228 e. The molecule has 1 saturated heterocycles. The van der Waals surface area contributed by atoms with Gasteiger partial charge in [0, 0.05) is 54.4 Å². The number of aromatic nitrogens is 1. The zero-order valence-electron chi connectivity index (χ0n) is 26.5. The minimum absolute atomic E-state index is 0.00276. The lowest BCUT2D eigenvalue weighted by molar-refractivity contribution is -0.129. The van der Waals surface area contributed by atoms with Crippen LogP contribution in [0.2, 0.25) is 0 Å². The number of azo groups is 1. The molecule has 2 aliphatic heterocycles. The van der Waals surface area contributed by atoms with Crippen LogP contribution < -0.4 is 16.0 Å². The fourth-order valence-corrected chi connectivity index (χ4v) is 6.63. The van der Waals surface area contributed by atoms with Crippen molar-refractivity contribution >= 4 is 29.0 Å². The smallest absolute Gasteiger partial charge is 0.228 e. The van der Waals surface area contributed by atoms with Crippen molar-refractivity contribution in [2.75, 3.05) is 49.7 Å². The van der Waals surface area contributed by atoms with Gasteiger partial charge in [0.1, 0.15) is 11.6 Å². The van der Waals surface area contributed by atoms with Crippen molar-refractivity contribution < 1.29 is 14.3 Å². The summed E-state index contributed by atoms with van der Waals surface area (Å²) in [4.78, 5) is 38.5. The Labute approximate surface area is 270 Å². The van der Waals surface area contributed by atoms with Gasteiger partial charge in [0.2, 0.25) is 5.91 Å². The van der Waals surface area contributed by atoms with E-state index in [4.69, 9.17) is 15.5 Å². The first-order valence-corrected chi connectivity index (χ1v) is 16.4. The number of benzene rings is 2. The second-order valence-corrected chi connectivity index (χ2v) is 12.6. The van der Waals surface area contributed by atoms with Gasteiger partial charge in [-0.05, 0) is 98.5 Å². The first kappa shape index (κ1) is 31.7. The number of hydrogen-bond acceptors (Lipinski definition) is 9. The third-order valence-corrected chi connectivity index (χ3v) is 9.49. The molecule has 1 aromatic heterocycles.